The Bertz CT molecular complexity index is 119. The minimum absolute atomic E-state index is 0.154. The quantitative estimate of drug-likeness (QED) is 0.535. The number of hydrogen-bond acceptors (Lipinski definition) is 3. The molecule has 0 aromatic carbocycles. The van der Waals surface area contributed by atoms with E-state index in [0.29, 0.717) is 13.0 Å². The fourth-order valence-corrected chi connectivity index (χ4v) is 0.770. The molecule has 11 heavy (non-hydrogen) atoms. The molecule has 0 fully saturated rings. The number of ether oxygens (including phenoxy) is 1. The van der Waals surface area contributed by atoms with Gasteiger partial charge in [0.1, 0.15) is 7.85 Å². The topological polar surface area (TPSA) is 38.3 Å². The monoisotopic (exact) mass is 155 g/mol. The lowest BCUT2D eigenvalue weighted by Gasteiger charge is -2.13. The van der Waals surface area contributed by atoms with Gasteiger partial charge in [0.15, 0.2) is 5.78 Å². The summed E-state index contributed by atoms with van der Waals surface area (Å²) in [6, 6.07) is -0.205. The second kappa shape index (κ2) is 6.37. The van der Waals surface area contributed by atoms with Crippen molar-refractivity contribution in [3.63, 3.8) is 0 Å². The average molecular weight is 155 g/mol. The Morgan fingerprint density at radius 2 is 2.36 bits per heavy atom. The number of carbonyl (C=O) groups excluding carboxylic acids is 1. The van der Waals surface area contributed by atoms with Crippen molar-refractivity contribution in [1.82, 2.24) is 5.32 Å². The summed E-state index contributed by atoms with van der Waals surface area (Å²) in [5.74, 6) is 0.154. The van der Waals surface area contributed by atoms with E-state index in [-0.39, 0.29) is 18.3 Å². The van der Waals surface area contributed by atoms with Crippen LogP contribution in [0.2, 0.25) is 0 Å². The molecular formula is C7H14BNO2. The third kappa shape index (κ3) is 4.16. The molecule has 0 saturated heterocycles. The molecule has 2 radical (unpaired) electrons. The van der Waals surface area contributed by atoms with Gasteiger partial charge < -0.3 is 10.1 Å². The molecule has 0 saturated carbocycles. The fourth-order valence-electron chi connectivity index (χ4n) is 0.770. The first-order valence-corrected chi connectivity index (χ1v) is 3.74. The zero-order valence-corrected chi connectivity index (χ0v) is 7.09. The predicted molar refractivity (Wildman–Crippen MR) is 44.7 cm³/mol. The fraction of sp³-hybridized carbons (Fsp3) is 0.857. The van der Waals surface area contributed by atoms with E-state index in [2.05, 4.69) is 5.32 Å². The normalized spacial score (nSPS) is 12.9. The van der Waals surface area contributed by atoms with Crippen LogP contribution < -0.4 is 5.32 Å². The van der Waals surface area contributed by atoms with Gasteiger partial charge in [0.2, 0.25) is 0 Å². The molecule has 0 bridgehead atoms. The molecule has 0 heterocycles. The Labute approximate surface area is 68.9 Å². The van der Waals surface area contributed by atoms with Crippen LogP contribution in [-0.2, 0) is 9.53 Å². The van der Waals surface area contributed by atoms with Crippen LogP contribution in [0.3, 0.4) is 0 Å². The van der Waals surface area contributed by atoms with E-state index in [1.54, 1.807) is 7.05 Å². The van der Waals surface area contributed by atoms with E-state index < -0.39 is 0 Å². The SMILES string of the molecule is [B]COCC(NC)C(=O)CC. The number of ketones is 1. The van der Waals surface area contributed by atoms with Crippen LogP contribution in [0.15, 0.2) is 0 Å². The lowest BCUT2D eigenvalue weighted by atomic mass is 10.1. The van der Waals surface area contributed by atoms with E-state index in [1.165, 1.54) is 0 Å². The van der Waals surface area contributed by atoms with Crippen LogP contribution in [0.1, 0.15) is 13.3 Å². The molecule has 0 aromatic rings. The van der Waals surface area contributed by atoms with Gasteiger partial charge in [0.05, 0.1) is 12.6 Å². The van der Waals surface area contributed by atoms with Gasteiger partial charge in [-0.05, 0) is 7.05 Å². The number of Topliss-reactive ketones (excluding diaryl/α,β-unsaturated/α-hetero) is 1. The maximum Gasteiger partial charge on any atom is 0.151 e. The molecule has 1 N–H and O–H groups in total. The van der Waals surface area contributed by atoms with Crippen LogP contribution >= 0.6 is 0 Å². The molecule has 0 spiro atoms. The summed E-state index contributed by atoms with van der Waals surface area (Å²) in [4.78, 5) is 11.1. The minimum atomic E-state index is -0.205. The first-order valence-electron chi connectivity index (χ1n) is 3.74. The lowest BCUT2D eigenvalue weighted by Crippen LogP contribution is -2.38. The van der Waals surface area contributed by atoms with Crippen molar-refractivity contribution in [2.75, 3.05) is 20.2 Å². The highest BCUT2D eigenvalue weighted by atomic mass is 16.5. The summed E-state index contributed by atoms with van der Waals surface area (Å²) in [5.41, 5.74) is 0. The van der Waals surface area contributed by atoms with Crippen molar-refractivity contribution >= 4 is 13.6 Å². The van der Waals surface area contributed by atoms with Gasteiger partial charge >= 0.3 is 0 Å². The summed E-state index contributed by atoms with van der Waals surface area (Å²) < 4.78 is 4.90. The molecule has 0 aliphatic rings. The standard InChI is InChI=1S/C7H14BNO2/c1-3-7(10)6(9-2)4-11-5-8/h6,9H,3-5H2,1-2H3. The molecule has 1 atom stereocenters. The number of nitrogens with one attached hydrogen (secondary N) is 1. The molecule has 4 heteroatoms. The number of likely N-dealkylation sites (N-methyl/N-ethyl adjacent to an activating group) is 1. The Morgan fingerprint density at radius 1 is 1.73 bits per heavy atom. The maximum atomic E-state index is 11.1. The zero-order chi connectivity index (χ0) is 8.69. The van der Waals surface area contributed by atoms with Gasteiger partial charge in [-0.1, -0.05) is 6.92 Å². The molecular weight excluding hydrogens is 141 g/mol. The van der Waals surface area contributed by atoms with Crippen molar-refractivity contribution in [2.24, 2.45) is 0 Å². The van der Waals surface area contributed by atoms with Crippen LogP contribution in [-0.4, -0.2) is 39.8 Å². The number of rotatable bonds is 6. The van der Waals surface area contributed by atoms with Crippen LogP contribution in [0.25, 0.3) is 0 Å². The Morgan fingerprint density at radius 3 is 2.73 bits per heavy atom. The highest BCUT2D eigenvalue weighted by molar-refractivity contribution is 6.08. The molecule has 62 valence electrons. The van der Waals surface area contributed by atoms with E-state index >= 15 is 0 Å². The van der Waals surface area contributed by atoms with E-state index in [4.69, 9.17) is 12.6 Å². The van der Waals surface area contributed by atoms with Crippen molar-refractivity contribution in [2.45, 2.75) is 19.4 Å². The van der Waals surface area contributed by atoms with Gasteiger partial charge in [0.25, 0.3) is 0 Å². The summed E-state index contributed by atoms with van der Waals surface area (Å²) in [6.45, 7) is 2.35. The van der Waals surface area contributed by atoms with Crippen LogP contribution in [0.4, 0.5) is 0 Å². The molecule has 0 aromatic heterocycles. The predicted octanol–water partition coefficient (Wildman–Crippen LogP) is -0.304. The second-order valence-electron chi connectivity index (χ2n) is 2.20. The molecule has 3 nitrogen and oxygen atoms in total. The molecule has 0 aliphatic heterocycles. The zero-order valence-electron chi connectivity index (χ0n) is 7.09. The summed E-state index contributed by atoms with van der Waals surface area (Å²) in [7, 11) is 6.85. The third-order valence-corrected chi connectivity index (χ3v) is 1.49. The Hall–Kier alpha value is -0.345. The van der Waals surface area contributed by atoms with Crippen molar-refractivity contribution < 1.29 is 9.53 Å². The first kappa shape index (κ1) is 10.7. The number of hydrogen-bond donors (Lipinski definition) is 1. The highest BCUT2D eigenvalue weighted by Crippen LogP contribution is 1.91. The second-order valence-corrected chi connectivity index (χ2v) is 2.20. The minimum Gasteiger partial charge on any atom is -0.389 e. The summed E-state index contributed by atoms with van der Waals surface area (Å²) in [5, 5.41) is 2.86. The van der Waals surface area contributed by atoms with Crippen LogP contribution in [0.5, 0.6) is 0 Å². The highest BCUT2D eigenvalue weighted by Gasteiger charge is 2.12. The van der Waals surface area contributed by atoms with Gasteiger partial charge in [-0.25, -0.2) is 0 Å². The molecule has 0 rings (SSSR count). The number of carbonyl (C=O) groups is 1. The third-order valence-electron chi connectivity index (χ3n) is 1.49. The maximum absolute atomic E-state index is 11.1. The van der Waals surface area contributed by atoms with Gasteiger partial charge in [0, 0.05) is 12.9 Å². The Kier molecular flexibility index (Phi) is 6.17. The van der Waals surface area contributed by atoms with Gasteiger partial charge in [-0.3, -0.25) is 4.79 Å². The van der Waals surface area contributed by atoms with Crippen molar-refractivity contribution in [3.05, 3.63) is 0 Å². The molecule has 0 amide bonds. The Balaban J connectivity index is 3.65. The summed E-state index contributed by atoms with van der Waals surface area (Å²) >= 11 is 0. The smallest absolute Gasteiger partial charge is 0.151 e. The molecule has 1 unspecified atom stereocenters. The average Bonchev–Trinajstić information content (AvgIpc) is 2.05. The van der Waals surface area contributed by atoms with Gasteiger partial charge in [-0.15, -0.1) is 0 Å². The molecule has 0 aliphatic carbocycles. The van der Waals surface area contributed by atoms with Crippen molar-refractivity contribution in [1.29, 1.82) is 0 Å². The lowest BCUT2D eigenvalue weighted by molar-refractivity contribution is -0.121. The van der Waals surface area contributed by atoms with Crippen LogP contribution in [0, 0.1) is 0 Å². The van der Waals surface area contributed by atoms with E-state index in [0.717, 1.165) is 0 Å². The van der Waals surface area contributed by atoms with Gasteiger partial charge in [-0.2, -0.15) is 0 Å². The largest absolute Gasteiger partial charge is 0.389 e. The first-order chi connectivity index (χ1) is 5.26. The summed E-state index contributed by atoms with van der Waals surface area (Å²) in [6.07, 6.45) is 0.527. The van der Waals surface area contributed by atoms with E-state index in [9.17, 15) is 4.79 Å². The van der Waals surface area contributed by atoms with Crippen molar-refractivity contribution in [3.8, 4) is 0 Å². The van der Waals surface area contributed by atoms with E-state index in [1.807, 2.05) is 6.92 Å².